The van der Waals surface area contributed by atoms with Crippen LogP contribution in [0.2, 0.25) is 0 Å². The van der Waals surface area contributed by atoms with Crippen molar-refractivity contribution in [3.63, 3.8) is 0 Å². The maximum absolute atomic E-state index is 6.15. The monoisotopic (exact) mass is 226 g/mol. The molecule has 1 heterocycles. The summed E-state index contributed by atoms with van der Waals surface area (Å²) in [6, 6.07) is 14.5. The van der Waals surface area contributed by atoms with Crippen molar-refractivity contribution in [2.75, 3.05) is 0 Å². The van der Waals surface area contributed by atoms with E-state index in [-0.39, 0.29) is 6.04 Å². The fraction of sp³-hybridized carbons (Fsp3) is 0.267. The predicted octanol–water partition coefficient (Wildman–Crippen LogP) is 3.02. The van der Waals surface area contributed by atoms with Crippen LogP contribution in [0, 0.1) is 6.92 Å². The molecule has 0 aliphatic rings. The van der Waals surface area contributed by atoms with Crippen molar-refractivity contribution >= 4 is 0 Å². The first-order valence-corrected chi connectivity index (χ1v) is 5.98. The van der Waals surface area contributed by atoms with Gasteiger partial charge in [-0.05, 0) is 43.0 Å². The Balaban J connectivity index is 1.96. The number of hydrogen-bond acceptors (Lipinski definition) is 2. The van der Waals surface area contributed by atoms with Gasteiger partial charge < -0.3 is 5.73 Å². The van der Waals surface area contributed by atoms with E-state index in [1.54, 1.807) is 0 Å². The smallest absolute Gasteiger partial charge is 0.0573 e. The first-order chi connectivity index (χ1) is 8.25. The zero-order chi connectivity index (χ0) is 12.1. The van der Waals surface area contributed by atoms with E-state index in [0.717, 1.165) is 18.5 Å². The van der Waals surface area contributed by atoms with E-state index in [1.807, 2.05) is 18.3 Å². The van der Waals surface area contributed by atoms with Crippen molar-refractivity contribution in [3.05, 3.63) is 65.5 Å². The topological polar surface area (TPSA) is 38.9 Å². The minimum Gasteiger partial charge on any atom is -0.323 e. The molecule has 0 aliphatic heterocycles. The van der Waals surface area contributed by atoms with Crippen LogP contribution in [-0.2, 0) is 6.42 Å². The van der Waals surface area contributed by atoms with Crippen molar-refractivity contribution in [2.45, 2.75) is 25.8 Å². The Kier molecular flexibility index (Phi) is 3.89. The van der Waals surface area contributed by atoms with E-state index in [4.69, 9.17) is 5.73 Å². The lowest BCUT2D eigenvalue weighted by atomic mass is 10.0. The van der Waals surface area contributed by atoms with Crippen LogP contribution in [0.3, 0.4) is 0 Å². The molecule has 2 heteroatoms. The molecule has 0 bridgehead atoms. The lowest BCUT2D eigenvalue weighted by Gasteiger charge is -2.11. The summed E-state index contributed by atoms with van der Waals surface area (Å²) in [4.78, 5) is 4.33. The van der Waals surface area contributed by atoms with Crippen molar-refractivity contribution in [1.82, 2.24) is 4.98 Å². The van der Waals surface area contributed by atoms with Crippen LogP contribution in [0.25, 0.3) is 0 Å². The lowest BCUT2D eigenvalue weighted by Crippen LogP contribution is -2.13. The van der Waals surface area contributed by atoms with Gasteiger partial charge in [0, 0.05) is 12.2 Å². The second-order valence-electron chi connectivity index (χ2n) is 4.39. The van der Waals surface area contributed by atoms with Crippen LogP contribution in [0.4, 0.5) is 0 Å². The molecule has 2 aromatic rings. The van der Waals surface area contributed by atoms with Gasteiger partial charge in [-0.25, -0.2) is 0 Å². The normalized spacial score (nSPS) is 12.4. The third kappa shape index (κ3) is 3.40. The molecule has 1 unspecified atom stereocenters. The standard InChI is InChI=1S/C15H18N2/c1-12-9-10-17-15(11-12)14(16)8-7-13-5-3-2-4-6-13/h2-6,9-11,14H,7-8,16H2,1H3. The minimum atomic E-state index is 0.0232. The first kappa shape index (κ1) is 11.8. The van der Waals surface area contributed by atoms with Crippen molar-refractivity contribution in [3.8, 4) is 0 Å². The first-order valence-electron chi connectivity index (χ1n) is 5.98. The van der Waals surface area contributed by atoms with Gasteiger partial charge in [-0.2, -0.15) is 0 Å². The van der Waals surface area contributed by atoms with Crippen LogP contribution < -0.4 is 5.73 Å². The molecule has 1 atom stereocenters. The molecule has 0 radical (unpaired) electrons. The van der Waals surface area contributed by atoms with Crippen LogP contribution in [-0.4, -0.2) is 4.98 Å². The minimum absolute atomic E-state index is 0.0232. The van der Waals surface area contributed by atoms with E-state index in [2.05, 4.69) is 42.2 Å². The summed E-state index contributed by atoms with van der Waals surface area (Å²) in [5.41, 5.74) is 9.68. The van der Waals surface area contributed by atoms with E-state index in [1.165, 1.54) is 11.1 Å². The highest BCUT2D eigenvalue weighted by Crippen LogP contribution is 2.15. The average Bonchev–Trinajstić information content (AvgIpc) is 2.37. The van der Waals surface area contributed by atoms with E-state index >= 15 is 0 Å². The Labute approximate surface area is 103 Å². The van der Waals surface area contributed by atoms with Gasteiger partial charge in [0.25, 0.3) is 0 Å². The lowest BCUT2D eigenvalue weighted by molar-refractivity contribution is 0.633. The average molecular weight is 226 g/mol. The molecule has 1 aromatic heterocycles. The molecule has 2 N–H and O–H groups in total. The highest BCUT2D eigenvalue weighted by atomic mass is 14.8. The molecule has 2 rings (SSSR count). The molecule has 88 valence electrons. The van der Waals surface area contributed by atoms with Crippen molar-refractivity contribution in [2.24, 2.45) is 5.73 Å². The largest absolute Gasteiger partial charge is 0.323 e. The number of rotatable bonds is 4. The summed E-state index contributed by atoms with van der Waals surface area (Å²) in [6.45, 7) is 2.06. The second kappa shape index (κ2) is 5.60. The number of aryl methyl sites for hydroxylation is 2. The van der Waals surface area contributed by atoms with Gasteiger partial charge in [0.05, 0.1) is 5.69 Å². The molecule has 1 aromatic carbocycles. The van der Waals surface area contributed by atoms with Gasteiger partial charge in [-0.15, -0.1) is 0 Å². The Morgan fingerprint density at radius 1 is 1.18 bits per heavy atom. The van der Waals surface area contributed by atoms with Crippen molar-refractivity contribution < 1.29 is 0 Å². The van der Waals surface area contributed by atoms with Gasteiger partial charge >= 0.3 is 0 Å². The number of hydrogen-bond donors (Lipinski definition) is 1. The SMILES string of the molecule is Cc1ccnc(C(N)CCc2ccccc2)c1. The summed E-state index contributed by atoms with van der Waals surface area (Å²) < 4.78 is 0. The van der Waals surface area contributed by atoms with Gasteiger partial charge in [0.1, 0.15) is 0 Å². The Hall–Kier alpha value is -1.67. The molecule has 0 saturated heterocycles. The Morgan fingerprint density at radius 3 is 2.65 bits per heavy atom. The highest BCUT2D eigenvalue weighted by molar-refractivity contribution is 5.18. The van der Waals surface area contributed by atoms with Crippen LogP contribution in [0.5, 0.6) is 0 Å². The van der Waals surface area contributed by atoms with Crippen molar-refractivity contribution in [1.29, 1.82) is 0 Å². The van der Waals surface area contributed by atoms with Crippen LogP contribution in [0.1, 0.15) is 29.3 Å². The number of aromatic nitrogens is 1. The van der Waals surface area contributed by atoms with E-state index in [9.17, 15) is 0 Å². The maximum Gasteiger partial charge on any atom is 0.0573 e. The van der Waals surface area contributed by atoms with Crippen LogP contribution >= 0.6 is 0 Å². The summed E-state index contributed by atoms with van der Waals surface area (Å²) in [5.74, 6) is 0. The molecule has 0 saturated carbocycles. The molecule has 2 nitrogen and oxygen atoms in total. The molecule has 0 aliphatic carbocycles. The van der Waals surface area contributed by atoms with Gasteiger partial charge in [0.15, 0.2) is 0 Å². The summed E-state index contributed by atoms with van der Waals surface area (Å²) in [5, 5.41) is 0. The number of nitrogens with zero attached hydrogens (tertiary/aromatic N) is 1. The highest BCUT2D eigenvalue weighted by Gasteiger charge is 2.07. The Bertz CT molecular complexity index is 465. The van der Waals surface area contributed by atoms with Gasteiger partial charge in [-0.1, -0.05) is 30.3 Å². The maximum atomic E-state index is 6.15. The number of pyridine rings is 1. The zero-order valence-electron chi connectivity index (χ0n) is 10.1. The fourth-order valence-electron chi connectivity index (χ4n) is 1.88. The number of nitrogens with two attached hydrogens (primary N) is 1. The van der Waals surface area contributed by atoms with Crippen LogP contribution in [0.15, 0.2) is 48.7 Å². The third-order valence-corrected chi connectivity index (χ3v) is 2.90. The molecular formula is C15H18N2. The molecular weight excluding hydrogens is 208 g/mol. The summed E-state index contributed by atoms with van der Waals surface area (Å²) in [7, 11) is 0. The molecule has 0 spiro atoms. The predicted molar refractivity (Wildman–Crippen MR) is 70.7 cm³/mol. The van der Waals surface area contributed by atoms with Gasteiger partial charge in [-0.3, -0.25) is 4.98 Å². The van der Waals surface area contributed by atoms with E-state index < -0.39 is 0 Å². The second-order valence-corrected chi connectivity index (χ2v) is 4.39. The number of benzene rings is 1. The zero-order valence-corrected chi connectivity index (χ0v) is 10.1. The summed E-state index contributed by atoms with van der Waals surface area (Å²) in [6.07, 6.45) is 3.76. The quantitative estimate of drug-likeness (QED) is 0.870. The molecule has 17 heavy (non-hydrogen) atoms. The van der Waals surface area contributed by atoms with E-state index in [0.29, 0.717) is 0 Å². The summed E-state index contributed by atoms with van der Waals surface area (Å²) >= 11 is 0. The fourth-order valence-corrected chi connectivity index (χ4v) is 1.88. The van der Waals surface area contributed by atoms with Gasteiger partial charge in [0.2, 0.25) is 0 Å². The Morgan fingerprint density at radius 2 is 1.94 bits per heavy atom. The molecule has 0 fully saturated rings. The molecule has 0 amide bonds. The third-order valence-electron chi connectivity index (χ3n) is 2.90.